The van der Waals surface area contributed by atoms with Gasteiger partial charge in [0.2, 0.25) is 5.91 Å². The van der Waals surface area contributed by atoms with Crippen LogP contribution in [0.5, 0.6) is 0 Å². The van der Waals surface area contributed by atoms with E-state index in [0.29, 0.717) is 24.0 Å². The van der Waals surface area contributed by atoms with Crippen molar-refractivity contribution in [3.05, 3.63) is 22.4 Å². The summed E-state index contributed by atoms with van der Waals surface area (Å²) in [6.45, 7) is 6.68. The zero-order valence-corrected chi connectivity index (χ0v) is 14.5. The topological polar surface area (TPSA) is 49.4 Å². The smallest absolute Gasteiger partial charge is 0.241 e. The molecule has 4 nitrogen and oxygen atoms in total. The third-order valence-electron chi connectivity index (χ3n) is 4.11. The summed E-state index contributed by atoms with van der Waals surface area (Å²) in [5.41, 5.74) is 0. The van der Waals surface area contributed by atoms with Gasteiger partial charge in [-0.25, -0.2) is 0 Å². The third-order valence-corrected chi connectivity index (χ3v) is 6.31. The molecule has 4 atom stereocenters. The van der Waals surface area contributed by atoms with Crippen molar-refractivity contribution in [2.24, 2.45) is 5.92 Å². The number of hydrogen-bond acceptors (Lipinski definition) is 4. The Hall–Kier alpha value is -0.720. The van der Waals surface area contributed by atoms with Crippen LogP contribution >= 0.6 is 11.3 Å². The summed E-state index contributed by atoms with van der Waals surface area (Å²) in [5.74, 6) is 1.66. The first-order valence-corrected chi connectivity index (χ1v) is 9.90. The van der Waals surface area contributed by atoms with Crippen LogP contribution in [0.3, 0.4) is 0 Å². The molecule has 1 aromatic heterocycles. The quantitative estimate of drug-likeness (QED) is 0.836. The Balaban J connectivity index is 2.15. The average molecular weight is 329 g/mol. The molecule has 21 heavy (non-hydrogen) atoms. The number of nitrogens with one attached hydrogen (secondary N) is 1. The second-order valence-corrected chi connectivity index (χ2v) is 8.26. The van der Waals surface area contributed by atoms with Crippen molar-refractivity contribution in [1.29, 1.82) is 0 Å². The maximum atomic E-state index is 12.7. The Bertz CT molecular complexity index is 490. The number of rotatable bonds is 7. The van der Waals surface area contributed by atoms with E-state index in [1.165, 1.54) is 0 Å². The normalized spacial score (nSPS) is 25.3. The highest BCUT2D eigenvalue weighted by Crippen LogP contribution is 2.31. The molecule has 1 aliphatic rings. The molecule has 0 saturated carbocycles. The summed E-state index contributed by atoms with van der Waals surface area (Å²) in [7, 11) is -0.842. The monoisotopic (exact) mass is 328 g/mol. The molecule has 0 radical (unpaired) electrons. The first-order chi connectivity index (χ1) is 10.1. The molecular formula is C15H24N2O2S2. The molecule has 1 N–H and O–H groups in total. The first-order valence-electron chi connectivity index (χ1n) is 7.53. The molecule has 2 heterocycles. The van der Waals surface area contributed by atoms with Gasteiger partial charge in [-0.1, -0.05) is 33.3 Å². The number of carbonyl (C=O) groups is 1. The predicted molar refractivity (Wildman–Crippen MR) is 88.7 cm³/mol. The van der Waals surface area contributed by atoms with Crippen LogP contribution in [-0.4, -0.2) is 39.1 Å². The lowest BCUT2D eigenvalue weighted by molar-refractivity contribution is -0.130. The summed E-state index contributed by atoms with van der Waals surface area (Å²) in [6.07, 6.45) is 0.903. The Morgan fingerprint density at radius 1 is 1.48 bits per heavy atom. The minimum atomic E-state index is -0.842. The van der Waals surface area contributed by atoms with Gasteiger partial charge in [-0.15, -0.1) is 11.3 Å². The van der Waals surface area contributed by atoms with Crippen molar-refractivity contribution in [2.75, 3.05) is 18.1 Å². The van der Waals surface area contributed by atoms with Crippen LogP contribution in [0.4, 0.5) is 0 Å². The Labute approximate surface area is 133 Å². The van der Waals surface area contributed by atoms with Crippen LogP contribution in [0.2, 0.25) is 0 Å². The van der Waals surface area contributed by atoms with Crippen molar-refractivity contribution >= 4 is 28.0 Å². The Kier molecular flexibility index (Phi) is 5.96. The van der Waals surface area contributed by atoms with Crippen LogP contribution in [0.15, 0.2) is 17.5 Å². The SMILES string of the molecule is CCC(C)C1NC(c2cccs2)N(CCS(=O)CC)C1=O. The molecule has 6 heteroatoms. The lowest BCUT2D eigenvalue weighted by Gasteiger charge is -2.23. The summed E-state index contributed by atoms with van der Waals surface area (Å²) in [6, 6.07) is 3.93. The molecule has 1 amide bonds. The van der Waals surface area contributed by atoms with Gasteiger partial charge in [0, 0.05) is 33.7 Å². The fourth-order valence-electron chi connectivity index (χ4n) is 2.55. The largest absolute Gasteiger partial charge is 0.320 e. The highest BCUT2D eigenvalue weighted by molar-refractivity contribution is 7.84. The molecule has 2 rings (SSSR count). The molecule has 1 fully saturated rings. The molecule has 0 bridgehead atoms. The van der Waals surface area contributed by atoms with E-state index in [0.717, 1.165) is 11.3 Å². The fourth-order valence-corrected chi connectivity index (χ4v) is 4.03. The van der Waals surface area contributed by atoms with Gasteiger partial charge in [-0.05, 0) is 17.4 Å². The number of amides is 1. The summed E-state index contributed by atoms with van der Waals surface area (Å²) < 4.78 is 11.7. The molecule has 0 spiro atoms. The average Bonchev–Trinajstić information content (AvgIpc) is 3.12. The van der Waals surface area contributed by atoms with E-state index in [2.05, 4.69) is 25.2 Å². The second-order valence-electron chi connectivity index (χ2n) is 5.41. The van der Waals surface area contributed by atoms with Gasteiger partial charge in [0.1, 0.15) is 6.17 Å². The van der Waals surface area contributed by atoms with Crippen molar-refractivity contribution < 1.29 is 9.00 Å². The highest BCUT2D eigenvalue weighted by atomic mass is 32.2. The molecule has 0 aliphatic carbocycles. The van der Waals surface area contributed by atoms with Gasteiger partial charge in [-0.2, -0.15) is 0 Å². The Morgan fingerprint density at radius 3 is 2.81 bits per heavy atom. The van der Waals surface area contributed by atoms with Crippen LogP contribution in [0.25, 0.3) is 0 Å². The van der Waals surface area contributed by atoms with Crippen LogP contribution in [-0.2, 0) is 15.6 Å². The predicted octanol–water partition coefficient (Wildman–Crippen LogP) is 2.36. The highest BCUT2D eigenvalue weighted by Gasteiger charge is 2.41. The number of nitrogens with zero attached hydrogens (tertiary/aromatic N) is 1. The van der Waals surface area contributed by atoms with Crippen molar-refractivity contribution in [3.8, 4) is 0 Å². The maximum absolute atomic E-state index is 12.7. The molecule has 1 aliphatic heterocycles. The summed E-state index contributed by atoms with van der Waals surface area (Å²) in [5, 5.41) is 5.50. The van der Waals surface area contributed by atoms with Gasteiger partial charge in [-0.3, -0.25) is 14.3 Å². The number of carbonyl (C=O) groups excluding carboxylic acids is 1. The molecule has 1 saturated heterocycles. The minimum Gasteiger partial charge on any atom is -0.320 e. The van der Waals surface area contributed by atoms with Gasteiger partial charge >= 0.3 is 0 Å². The van der Waals surface area contributed by atoms with E-state index < -0.39 is 10.8 Å². The van der Waals surface area contributed by atoms with E-state index in [1.54, 1.807) is 11.3 Å². The van der Waals surface area contributed by atoms with Gasteiger partial charge in [0.15, 0.2) is 0 Å². The molecule has 1 aromatic rings. The maximum Gasteiger partial charge on any atom is 0.241 e. The van der Waals surface area contributed by atoms with E-state index in [1.807, 2.05) is 23.3 Å². The van der Waals surface area contributed by atoms with Crippen molar-refractivity contribution in [1.82, 2.24) is 10.2 Å². The molecule has 0 aromatic carbocycles. The van der Waals surface area contributed by atoms with E-state index in [4.69, 9.17) is 0 Å². The summed E-state index contributed by atoms with van der Waals surface area (Å²) in [4.78, 5) is 15.7. The Morgan fingerprint density at radius 2 is 2.24 bits per heavy atom. The first kappa shape index (κ1) is 16.6. The summed E-state index contributed by atoms with van der Waals surface area (Å²) >= 11 is 1.66. The van der Waals surface area contributed by atoms with Crippen molar-refractivity contribution in [2.45, 2.75) is 39.4 Å². The van der Waals surface area contributed by atoms with Crippen LogP contribution in [0.1, 0.15) is 38.2 Å². The zero-order valence-electron chi connectivity index (χ0n) is 12.9. The minimum absolute atomic E-state index is 0.0645. The third kappa shape index (κ3) is 3.73. The lowest BCUT2D eigenvalue weighted by atomic mass is 9.99. The van der Waals surface area contributed by atoms with E-state index in [9.17, 15) is 9.00 Å². The van der Waals surface area contributed by atoms with Crippen LogP contribution < -0.4 is 5.32 Å². The molecular weight excluding hydrogens is 304 g/mol. The fraction of sp³-hybridized carbons (Fsp3) is 0.667. The standard InChI is InChI=1S/C15H24N2O2S2/c1-4-11(3)13-15(18)17(8-10-21(19)5-2)14(16-13)12-7-6-9-20-12/h6-7,9,11,13-14,16H,4-5,8,10H2,1-3H3. The van der Waals surface area contributed by atoms with Crippen molar-refractivity contribution in [3.63, 3.8) is 0 Å². The zero-order chi connectivity index (χ0) is 15.4. The molecule has 4 unspecified atom stereocenters. The lowest BCUT2D eigenvalue weighted by Crippen LogP contribution is -2.36. The number of hydrogen-bond donors (Lipinski definition) is 1. The second kappa shape index (κ2) is 7.51. The number of thiophene rings is 1. The van der Waals surface area contributed by atoms with Gasteiger partial charge < -0.3 is 4.90 Å². The van der Waals surface area contributed by atoms with Gasteiger partial charge in [0.25, 0.3) is 0 Å². The van der Waals surface area contributed by atoms with E-state index in [-0.39, 0.29) is 18.1 Å². The van der Waals surface area contributed by atoms with Gasteiger partial charge in [0.05, 0.1) is 6.04 Å². The van der Waals surface area contributed by atoms with Crippen LogP contribution in [0, 0.1) is 5.92 Å². The molecule has 118 valence electrons. The van der Waals surface area contributed by atoms with E-state index >= 15 is 0 Å².